The Labute approximate surface area is 184 Å². The number of halogens is 3. The second-order valence-corrected chi connectivity index (χ2v) is 7.90. The molecule has 0 bridgehead atoms. The highest BCUT2D eigenvalue weighted by Gasteiger charge is 2.17. The molecule has 0 amide bonds. The van der Waals surface area contributed by atoms with Gasteiger partial charge in [0.05, 0.1) is 30.3 Å². The van der Waals surface area contributed by atoms with Gasteiger partial charge in [0, 0.05) is 31.7 Å². The van der Waals surface area contributed by atoms with Gasteiger partial charge in [0.25, 0.3) is 0 Å². The highest BCUT2D eigenvalue weighted by Crippen LogP contribution is 2.27. The van der Waals surface area contributed by atoms with E-state index in [2.05, 4.69) is 25.6 Å². The highest BCUT2D eigenvalue weighted by molar-refractivity contribution is 5.64. The number of hydrogen-bond acceptors (Lipinski definition) is 6. The molecule has 10 heteroatoms. The van der Waals surface area contributed by atoms with E-state index in [1.807, 2.05) is 13.8 Å². The molecule has 2 heterocycles. The van der Waals surface area contributed by atoms with Crippen molar-refractivity contribution in [2.45, 2.75) is 19.9 Å². The van der Waals surface area contributed by atoms with Crippen molar-refractivity contribution < 1.29 is 17.9 Å². The average molecular weight is 446 g/mol. The molecule has 1 saturated heterocycles. The summed E-state index contributed by atoms with van der Waals surface area (Å²) in [6.07, 6.45) is 1.30. The van der Waals surface area contributed by atoms with Gasteiger partial charge < -0.3 is 15.4 Å². The molecule has 1 unspecified atom stereocenters. The van der Waals surface area contributed by atoms with Crippen LogP contribution in [0.25, 0.3) is 5.69 Å². The molecule has 0 radical (unpaired) electrons. The summed E-state index contributed by atoms with van der Waals surface area (Å²) >= 11 is 0. The van der Waals surface area contributed by atoms with Crippen LogP contribution in [-0.4, -0.2) is 58.6 Å². The van der Waals surface area contributed by atoms with E-state index in [-0.39, 0.29) is 23.4 Å². The van der Waals surface area contributed by atoms with Crippen LogP contribution in [0.15, 0.2) is 36.7 Å². The first kappa shape index (κ1) is 22.1. The number of aromatic nitrogens is 3. The van der Waals surface area contributed by atoms with E-state index in [9.17, 15) is 8.78 Å². The van der Waals surface area contributed by atoms with Crippen LogP contribution in [-0.2, 0) is 4.74 Å². The van der Waals surface area contributed by atoms with Gasteiger partial charge in [-0.25, -0.2) is 17.9 Å². The summed E-state index contributed by atoms with van der Waals surface area (Å²) in [6, 6.07) is 6.46. The summed E-state index contributed by atoms with van der Waals surface area (Å²) in [5, 5.41) is 10.2. The summed E-state index contributed by atoms with van der Waals surface area (Å²) in [5.74, 6) is -1.81. The molecule has 0 spiro atoms. The molecular weight excluding hydrogens is 421 g/mol. The van der Waals surface area contributed by atoms with Crippen LogP contribution in [0, 0.1) is 24.4 Å². The number of benzene rings is 2. The molecule has 7 nitrogen and oxygen atoms in total. The Kier molecular flexibility index (Phi) is 6.61. The Morgan fingerprint density at radius 3 is 2.44 bits per heavy atom. The van der Waals surface area contributed by atoms with Crippen LogP contribution in [0.2, 0.25) is 0 Å². The number of nitrogens with one attached hydrogen (secondary N) is 2. The number of aryl methyl sites for hydroxylation is 1. The minimum Gasteiger partial charge on any atom is -0.379 e. The molecule has 1 aromatic heterocycles. The fourth-order valence-electron chi connectivity index (χ4n) is 3.68. The molecular formula is C22H25F3N6O. The molecule has 1 atom stereocenters. The Bertz CT molecular complexity index is 1060. The molecule has 1 aliphatic rings. The number of morpholine rings is 1. The molecule has 3 aromatic rings. The molecule has 0 saturated carbocycles. The normalized spacial score (nSPS) is 15.5. The van der Waals surface area contributed by atoms with Crippen LogP contribution < -0.4 is 10.6 Å². The standard InChI is InChI=1S/C22H25F3N6O/c1-14-7-19(27-15(2)12-30-3-5-32-6-4-30)21(25)20(8-14)28-22-26-13-31(29-22)18-10-16(23)9-17(24)11-18/h7-11,13,15,27H,3-6,12H2,1-2H3,(H,28,29). The predicted molar refractivity (Wildman–Crippen MR) is 116 cm³/mol. The summed E-state index contributed by atoms with van der Waals surface area (Å²) < 4.78 is 48.7. The van der Waals surface area contributed by atoms with Crippen LogP contribution in [0.3, 0.4) is 0 Å². The second-order valence-electron chi connectivity index (χ2n) is 7.90. The monoisotopic (exact) mass is 446 g/mol. The first-order valence-electron chi connectivity index (χ1n) is 10.4. The van der Waals surface area contributed by atoms with Crippen molar-refractivity contribution in [3.05, 3.63) is 59.7 Å². The van der Waals surface area contributed by atoms with Gasteiger partial charge in [-0.1, -0.05) is 0 Å². The number of hydrogen-bond donors (Lipinski definition) is 2. The lowest BCUT2D eigenvalue weighted by Gasteiger charge is -2.30. The van der Waals surface area contributed by atoms with Gasteiger partial charge in [0.2, 0.25) is 5.95 Å². The minimum absolute atomic E-state index is 0.0254. The maximum absolute atomic E-state index is 15.2. The molecule has 2 aromatic carbocycles. The topological polar surface area (TPSA) is 67.2 Å². The molecule has 1 aliphatic heterocycles. The Hall–Kier alpha value is -3.11. The van der Waals surface area contributed by atoms with Crippen molar-refractivity contribution in [2.75, 3.05) is 43.5 Å². The average Bonchev–Trinajstić information content (AvgIpc) is 3.20. The largest absolute Gasteiger partial charge is 0.379 e. The Morgan fingerprint density at radius 2 is 1.72 bits per heavy atom. The molecule has 2 N–H and O–H groups in total. The first-order valence-corrected chi connectivity index (χ1v) is 10.4. The van der Waals surface area contributed by atoms with Crippen molar-refractivity contribution in [1.29, 1.82) is 0 Å². The van der Waals surface area contributed by atoms with Gasteiger partial charge in [-0.3, -0.25) is 4.90 Å². The van der Waals surface area contributed by atoms with Gasteiger partial charge >= 0.3 is 0 Å². The summed E-state index contributed by atoms with van der Waals surface area (Å²) in [4.78, 5) is 6.35. The number of rotatable bonds is 7. The number of anilines is 3. The lowest BCUT2D eigenvalue weighted by Crippen LogP contribution is -2.42. The van der Waals surface area contributed by atoms with Crippen LogP contribution >= 0.6 is 0 Å². The second kappa shape index (κ2) is 9.58. The van der Waals surface area contributed by atoms with Crippen LogP contribution in [0.5, 0.6) is 0 Å². The fraction of sp³-hybridized carbons (Fsp3) is 0.364. The van der Waals surface area contributed by atoms with E-state index in [0.29, 0.717) is 18.9 Å². The van der Waals surface area contributed by atoms with Crippen molar-refractivity contribution in [3.8, 4) is 5.69 Å². The van der Waals surface area contributed by atoms with Gasteiger partial charge in [-0.05, 0) is 43.7 Å². The first-order chi connectivity index (χ1) is 15.4. The lowest BCUT2D eigenvalue weighted by molar-refractivity contribution is 0.0368. The maximum atomic E-state index is 15.2. The van der Waals surface area contributed by atoms with E-state index in [4.69, 9.17) is 4.74 Å². The minimum atomic E-state index is -0.725. The molecule has 0 aliphatic carbocycles. The van der Waals surface area contributed by atoms with Crippen LogP contribution in [0.4, 0.5) is 30.5 Å². The van der Waals surface area contributed by atoms with Crippen molar-refractivity contribution in [3.63, 3.8) is 0 Å². The van der Waals surface area contributed by atoms with Crippen molar-refractivity contribution in [2.24, 2.45) is 0 Å². The van der Waals surface area contributed by atoms with Crippen molar-refractivity contribution in [1.82, 2.24) is 19.7 Å². The van der Waals surface area contributed by atoms with E-state index in [1.54, 1.807) is 12.1 Å². The number of ether oxygens (including phenoxy) is 1. The molecule has 1 fully saturated rings. The summed E-state index contributed by atoms with van der Waals surface area (Å²) in [6.45, 7) is 7.78. The maximum Gasteiger partial charge on any atom is 0.247 e. The highest BCUT2D eigenvalue weighted by atomic mass is 19.1. The van der Waals surface area contributed by atoms with E-state index >= 15 is 4.39 Å². The SMILES string of the molecule is Cc1cc(Nc2ncn(-c3cc(F)cc(F)c3)n2)c(F)c(NC(C)CN2CCOCC2)c1. The summed E-state index contributed by atoms with van der Waals surface area (Å²) in [5.41, 5.74) is 1.60. The Balaban J connectivity index is 1.48. The summed E-state index contributed by atoms with van der Waals surface area (Å²) in [7, 11) is 0. The van der Waals surface area contributed by atoms with E-state index in [1.165, 1.54) is 11.0 Å². The lowest BCUT2D eigenvalue weighted by atomic mass is 10.1. The zero-order valence-corrected chi connectivity index (χ0v) is 17.9. The Morgan fingerprint density at radius 1 is 1.03 bits per heavy atom. The van der Waals surface area contributed by atoms with Crippen molar-refractivity contribution >= 4 is 17.3 Å². The zero-order chi connectivity index (χ0) is 22.7. The third-order valence-corrected chi connectivity index (χ3v) is 5.10. The zero-order valence-electron chi connectivity index (χ0n) is 17.9. The smallest absolute Gasteiger partial charge is 0.247 e. The quantitative estimate of drug-likeness (QED) is 0.575. The molecule has 4 rings (SSSR count). The van der Waals surface area contributed by atoms with Gasteiger partial charge in [-0.15, -0.1) is 5.10 Å². The van der Waals surface area contributed by atoms with Crippen LogP contribution in [0.1, 0.15) is 12.5 Å². The van der Waals surface area contributed by atoms with Gasteiger partial charge in [0.1, 0.15) is 18.0 Å². The molecule has 32 heavy (non-hydrogen) atoms. The van der Waals surface area contributed by atoms with E-state index in [0.717, 1.165) is 43.4 Å². The fourth-order valence-corrected chi connectivity index (χ4v) is 3.68. The predicted octanol–water partition coefficient (Wildman–Crippen LogP) is 3.87. The number of nitrogens with zero attached hydrogens (tertiary/aromatic N) is 4. The molecule has 170 valence electrons. The van der Waals surface area contributed by atoms with E-state index < -0.39 is 17.5 Å². The third kappa shape index (κ3) is 5.38. The van der Waals surface area contributed by atoms with Gasteiger partial charge in [0.15, 0.2) is 5.82 Å². The van der Waals surface area contributed by atoms with Gasteiger partial charge in [-0.2, -0.15) is 4.98 Å². The third-order valence-electron chi connectivity index (χ3n) is 5.10.